The van der Waals surface area contributed by atoms with Crippen molar-refractivity contribution in [2.45, 2.75) is 0 Å². The maximum atomic E-state index is 9.45. The van der Waals surface area contributed by atoms with Crippen LogP contribution in [0.25, 0.3) is 0 Å². The molecule has 0 amide bonds. The number of nitrogens with two attached hydrogens (primary N) is 1. The minimum Gasteiger partial charge on any atom is -0.287 e. The average molecular weight is 117 g/mol. The van der Waals surface area contributed by atoms with Crippen molar-refractivity contribution in [2.75, 3.05) is 0 Å². The summed E-state index contributed by atoms with van der Waals surface area (Å²) in [6.07, 6.45) is 0. The van der Waals surface area contributed by atoms with Gasteiger partial charge in [-0.2, -0.15) is 5.26 Å². The molecule has 0 spiro atoms. The molecule has 0 saturated heterocycles. The fourth-order valence-corrected chi connectivity index (χ4v) is 0.141. The van der Waals surface area contributed by atoms with E-state index in [0.29, 0.717) is 0 Å². The summed E-state index contributed by atoms with van der Waals surface area (Å²) in [6, 6.07) is 0. The molecule has 0 heterocycles. The van der Waals surface area contributed by atoms with E-state index < -0.39 is 13.7 Å². The van der Waals surface area contributed by atoms with Crippen molar-refractivity contribution in [3.8, 4) is 5.69 Å². The Morgan fingerprint density at radius 2 is 2.43 bits per heavy atom. The van der Waals surface area contributed by atoms with Gasteiger partial charge in [-0.15, -0.1) is 0 Å². The van der Waals surface area contributed by atoms with Crippen LogP contribution in [0.3, 0.4) is 0 Å². The van der Waals surface area contributed by atoms with Crippen LogP contribution >= 0.6 is 0 Å². The summed E-state index contributed by atoms with van der Waals surface area (Å²) in [5.41, 5.74) is 1.38. The van der Waals surface area contributed by atoms with Gasteiger partial charge in [0.15, 0.2) is 0 Å². The lowest BCUT2D eigenvalue weighted by Crippen LogP contribution is -2.33. The monoisotopic (exact) mass is 117 g/mol. The van der Waals surface area contributed by atoms with Gasteiger partial charge < -0.3 is 0 Å². The van der Waals surface area contributed by atoms with Gasteiger partial charge in [0, 0.05) is 0 Å². The third kappa shape index (κ3) is 1.86. The highest BCUT2D eigenvalue weighted by Gasteiger charge is 2.17. The highest BCUT2D eigenvalue weighted by Crippen LogP contribution is 1.65. The molecule has 6 heteroatoms. The maximum Gasteiger partial charge on any atom is 0.594 e. The predicted octanol–water partition coefficient (Wildman–Crippen LogP) is -1.49. The number of hydrogen-bond donors (Lipinski definition) is 1. The Hall–Kier alpha value is -0.933. The highest BCUT2D eigenvalue weighted by atomic mass is 28.3. The Bertz CT molecular complexity index is 117. The van der Waals surface area contributed by atoms with Crippen LogP contribution in [-0.2, 0) is 0 Å². The quantitative estimate of drug-likeness (QED) is 0.257. The van der Waals surface area contributed by atoms with Gasteiger partial charge in [0.2, 0.25) is 0 Å². The molecule has 0 bridgehead atoms. The minimum absolute atomic E-state index is 0.722. The number of nitriles is 1. The molecule has 0 radical (unpaired) electrons. The van der Waals surface area contributed by atoms with Crippen LogP contribution < -0.4 is 5.40 Å². The topological polar surface area (TPSA) is 93.0 Å². The van der Waals surface area contributed by atoms with E-state index in [4.69, 9.17) is 10.7 Å². The molecule has 0 aliphatic rings. The van der Waals surface area contributed by atoms with Crippen LogP contribution in [0.5, 0.6) is 0 Å². The van der Waals surface area contributed by atoms with Crippen LogP contribution in [0.4, 0.5) is 0 Å². The van der Waals surface area contributed by atoms with Crippen LogP contribution in [0.2, 0.25) is 0 Å². The zero-order chi connectivity index (χ0) is 5.86. The number of hydrogen-bond acceptors (Lipinski definition) is 4. The largest absolute Gasteiger partial charge is 0.594 e. The Labute approximate surface area is 41.3 Å². The van der Waals surface area contributed by atoms with E-state index in [0.717, 1.165) is 0 Å². The smallest absolute Gasteiger partial charge is 0.287 e. The normalized spacial score (nSPS) is 12.0. The lowest BCUT2D eigenvalue weighted by molar-refractivity contribution is -0.329. The zero-order valence-corrected chi connectivity index (χ0v) is 4.52. The van der Waals surface area contributed by atoms with E-state index in [-0.39, 0.29) is 0 Å². The van der Waals surface area contributed by atoms with E-state index in [2.05, 4.69) is 0 Å². The lowest BCUT2D eigenvalue weighted by Gasteiger charge is -1.83. The molecule has 0 aliphatic carbocycles. The van der Waals surface area contributed by atoms with Crippen molar-refractivity contribution in [1.82, 2.24) is 0 Å². The molecule has 0 aliphatic heterocycles. The average Bonchev–Trinajstić information content (AvgIpc) is 1.65. The number of nitrogens with zero attached hydrogens (tertiary/aromatic N) is 2. The summed E-state index contributed by atoms with van der Waals surface area (Å²) in [5.74, 6) is 0. The van der Waals surface area contributed by atoms with Crippen LogP contribution in [-0.4, -0.2) is 13.7 Å². The van der Waals surface area contributed by atoms with Crippen molar-refractivity contribution in [1.29, 1.82) is 5.26 Å². The molecule has 0 fully saturated rings. The van der Waals surface area contributed by atoms with Crippen molar-refractivity contribution in [2.24, 2.45) is 5.40 Å². The van der Waals surface area contributed by atoms with E-state index in [1.807, 2.05) is 0 Å². The molecule has 7 heavy (non-hydrogen) atoms. The van der Waals surface area contributed by atoms with Gasteiger partial charge in [-0.25, -0.2) is 0 Å². The van der Waals surface area contributed by atoms with Crippen LogP contribution in [0.1, 0.15) is 0 Å². The van der Waals surface area contributed by atoms with Gasteiger partial charge in [-0.3, -0.25) is 15.5 Å². The summed E-state index contributed by atoms with van der Waals surface area (Å²) < 4.78 is -0.722. The first kappa shape index (κ1) is 6.07. The summed E-state index contributed by atoms with van der Waals surface area (Å²) in [4.78, 5) is 9.45. The van der Waals surface area contributed by atoms with Crippen molar-refractivity contribution in [3.05, 3.63) is 10.1 Å². The Morgan fingerprint density at radius 3 is 2.43 bits per heavy atom. The Morgan fingerprint density at radius 1 is 2.00 bits per heavy atom. The molecule has 0 saturated carbocycles. The molecular formula is CH3N3O2Si. The lowest BCUT2D eigenvalue weighted by atomic mass is 11.8. The van der Waals surface area contributed by atoms with Gasteiger partial charge in [-0.1, -0.05) is 0 Å². The summed E-state index contributed by atoms with van der Waals surface area (Å²) in [5, 5.41) is 21.9. The first-order chi connectivity index (χ1) is 3.18. The Balaban J connectivity index is 3.63. The van der Waals surface area contributed by atoms with Crippen molar-refractivity contribution < 1.29 is 4.59 Å². The highest BCUT2D eigenvalue weighted by molar-refractivity contribution is 6.55. The molecule has 0 rings (SSSR count). The third-order valence-corrected chi connectivity index (χ3v) is 1.08. The Kier molecular flexibility index (Phi) is 1.97. The minimum atomic E-state index is -2.73. The number of rotatable bonds is 1. The number of nitro groups is 1. The van der Waals surface area contributed by atoms with Gasteiger partial charge in [-0.05, 0) is 4.59 Å². The molecule has 2 N–H and O–H groups in total. The molecule has 0 aromatic rings. The van der Waals surface area contributed by atoms with E-state index >= 15 is 0 Å². The second kappa shape index (κ2) is 2.28. The van der Waals surface area contributed by atoms with Crippen LogP contribution in [0.15, 0.2) is 0 Å². The molecule has 0 aromatic carbocycles. The maximum absolute atomic E-state index is 9.45. The van der Waals surface area contributed by atoms with Crippen LogP contribution in [0, 0.1) is 21.1 Å². The zero-order valence-electron chi connectivity index (χ0n) is 3.37. The van der Waals surface area contributed by atoms with Gasteiger partial charge in [0.1, 0.15) is 5.69 Å². The first-order valence-electron chi connectivity index (χ1n) is 1.47. The standard InChI is InChI=1S/CH3N3O2Si/c2-1-7(3)4(5)6/h7H,3H2. The van der Waals surface area contributed by atoms with Gasteiger partial charge in [0.25, 0.3) is 0 Å². The van der Waals surface area contributed by atoms with E-state index in [9.17, 15) is 10.1 Å². The van der Waals surface area contributed by atoms with Gasteiger partial charge >= 0.3 is 9.12 Å². The molecule has 5 nitrogen and oxygen atoms in total. The molecule has 38 valence electrons. The van der Waals surface area contributed by atoms with Gasteiger partial charge in [0.05, 0.1) is 0 Å². The van der Waals surface area contributed by atoms with E-state index in [1.165, 1.54) is 5.69 Å². The fraction of sp³-hybridized carbons (Fsp3) is 0. The summed E-state index contributed by atoms with van der Waals surface area (Å²) in [6.45, 7) is 0. The van der Waals surface area contributed by atoms with Crippen molar-refractivity contribution in [3.63, 3.8) is 0 Å². The summed E-state index contributed by atoms with van der Waals surface area (Å²) >= 11 is 0. The molecular weight excluding hydrogens is 114 g/mol. The SMILES string of the molecule is N#C[SiH](N)[N+](=O)[O-]. The van der Waals surface area contributed by atoms with E-state index in [1.54, 1.807) is 0 Å². The predicted molar refractivity (Wildman–Crippen MR) is 23.9 cm³/mol. The first-order valence-corrected chi connectivity index (χ1v) is 3.23. The molecule has 0 aromatic heterocycles. The third-order valence-electron chi connectivity index (χ3n) is 0.359. The second-order valence-electron chi connectivity index (χ2n) is 0.859. The summed E-state index contributed by atoms with van der Waals surface area (Å²) in [7, 11) is -2.73. The van der Waals surface area contributed by atoms with Crippen molar-refractivity contribution >= 4 is 9.12 Å². The fourth-order valence-electron chi connectivity index (χ4n) is 0.0471. The molecule has 1 atom stereocenters. The second-order valence-corrected chi connectivity index (χ2v) is 2.43. The molecule has 1 unspecified atom stereocenters.